The number of nitrogens with zero attached hydrogens (tertiary/aromatic N) is 2. The predicted molar refractivity (Wildman–Crippen MR) is 70.2 cm³/mol. The van der Waals surface area contributed by atoms with E-state index in [0.29, 0.717) is 0 Å². The lowest BCUT2D eigenvalue weighted by molar-refractivity contribution is 0.365. The molecule has 17 heavy (non-hydrogen) atoms. The Bertz CT molecular complexity index is 355. The van der Waals surface area contributed by atoms with Crippen LogP contribution in [-0.4, -0.2) is 67.6 Å². The summed E-state index contributed by atoms with van der Waals surface area (Å²) in [4.78, 5) is 2.19. The summed E-state index contributed by atoms with van der Waals surface area (Å²) in [5.74, 6) is 4.94. The molecule has 0 amide bonds. The van der Waals surface area contributed by atoms with Gasteiger partial charge >= 0.3 is 0 Å². The van der Waals surface area contributed by atoms with Gasteiger partial charge in [-0.3, -0.25) is 10.9 Å². The maximum atomic E-state index is 10.3. The molecule has 0 aliphatic carbocycles. The molecule has 0 aliphatic rings. The highest BCUT2D eigenvalue weighted by Gasteiger charge is 1.98. The molecule has 0 heterocycles. The molecule has 0 radical (unpaired) electrons. The molecule has 0 fully saturated rings. The van der Waals surface area contributed by atoms with Crippen LogP contribution in [0.25, 0.3) is 0 Å². The zero-order chi connectivity index (χ0) is 14.9. The number of nitrogens with two attached hydrogens (primary N) is 1. The molecule has 0 atom stereocenters. The second-order valence-corrected chi connectivity index (χ2v) is 8.18. The first-order valence-electron chi connectivity index (χ1n) is 4.11. The Morgan fingerprint density at radius 2 is 1.18 bits per heavy atom. The van der Waals surface area contributed by atoms with Crippen LogP contribution in [0.15, 0.2) is 0 Å². The predicted octanol–water partition coefficient (Wildman–Crippen LogP) is -1.38. The zero-order valence-corrected chi connectivity index (χ0v) is 13.2. The first-order valence-corrected chi connectivity index (χ1v) is 8.72. The van der Waals surface area contributed by atoms with Crippen LogP contribution in [0.3, 0.4) is 0 Å². The average molecular weight is 313 g/mol. The molecule has 0 aromatic carbocycles. The van der Waals surface area contributed by atoms with Crippen LogP contribution in [0.5, 0.6) is 0 Å². The molecule has 0 rings (SSSR count). The highest BCUT2D eigenvalue weighted by molar-refractivity contribution is 8.13. The van der Waals surface area contributed by atoms with Gasteiger partial charge in [-0.05, 0) is 0 Å². The Morgan fingerprint density at radius 1 is 1.00 bits per heavy atom. The summed E-state index contributed by atoms with van der Waals surface area (Å²) >= 11 is 0. The van der Waals surface area contributed by atoms with Crippen molar-refractivity contribution in [1.29, 1.82) is 0 Å². The third kappa shape index (κ3) is 125. The molecule has 11 heteroatoms. The second kappa shape index (κ2) is 10.00. The van der Waals surface area contributed by atoms with Crippen LogP contribution < -0.4 is 10.7 Å². The van der Waals surface area contributed by atoms with Crippen LogP contribution in [0.4, 0.5) is 0 Å². The van der Waals surface area contributed by atoms with Crippen molar-refractivity contribution in [3.8, 4) is 0 Å². The first-order chi connectivity index (χ1) is 7.15. The molecule has 8 nitrogen and oxygen atoms in total. The fraction of sp³-hybridized carbons (Fsp3) is 1.00. The van der Waals surface area contributed by atoms with Crippen molar-refractivity contribution in [2.24, 2.45) is 5.84 Å². The van der Waals surface area contributed by atoms with Gasteiger partial charge in [0.05, 0.1) is 12.5 Å². The number of halogens is 1. The zero-order valence-electron chi connectivity index (χ0n) is 10.8. The molecular weight excluding hydrogens is 292 g/mol. The summed E-state index contributed by atoms with van der Waals surface area (Å²) in [5.41, 5.74) is 0. The molecule has 0 bridgehead atoms. The molecule has 0 aliphatic heterocycles. The van der Waals surface area contributed by atoms with Crippen LogP contribution in [0, 0.1) is 0 Å². The van der Waals surface area contributed by atoms with Crippen molar-refractivity contribution >= 4 is 29.8 Å². The Balaban J connectivity index is -0.000000188. The maximum absolute atomic E-state index is 10.3. The number of hydrogen-bond acceptors (Lipinski definition) is 7. The van der Waals surface area contributed by atoms with E-state index in [1.165, 1.54) is 10.0 Å². The molecule has 0 spiro atoms. The quantitative estimate of drug-likeness (QED) is 0.367. The summed E-state index contributed by atoms with van der Waals surface area (Å²) in [6.45, 7) is 0. The van der Waals surface area contributed by atoms with Crippen LogP contribution in [-0.2, 0) is 19.1 Å². The lowest BCUT2D eigenvalue weighted by Gasteiger charge is -2.07. The summed E-state index contributed by atoms with van der Waals surface area (Å²) < 4.78 is 39.4. The SMILES string of the molecule is CN(C)N.CN(C)NS(C)(=O)=O.CS(=O)(=O)Cl. The Morgan fingerprint density at radius 3 is 1.18 bits per heavy atom. The Labute approximate surface area is 108 Å². The van der Waals surface area contributed by atoms with Gasteiger partial charge in [-0.1, -0.05) is 0 Å². The van der Waals surface area contributed by atoms with Gasteiger partial charge in [-0.2, -0.15) is 0 Å². The van der Waals surface area contributed by atoms with Gasteiger partial charge in [0, 0.05) is 38.9 Å². The smallest absolute Gasteiger partial charge is 0.229 e. The van der Waals surface area contributed by atoms with Crippen molar-refractivity contribution in [2.45, 2.75) is 0 Å². The van der Waals surface area contributed by atoms with E-state index in [9.17, 15) is 16.8 Å². The minimum atomic E-state index is -3.19. The van der Waals surface area contributed by atoms with E-state index in [-0.39, 0.29) is 0 Å². The van der Waals surface area contributed by atoms with E-state index in [2.05, 4.69) is 15.5 Å². The molecule has 0 aromatic rings. The van der Waals surface area contributed by atoms with E-state index in [1.807, 2.05) is 0 Å². The maximum Gasteiger partial charge on any atom is 0.229 e. The summed E-state index contributed by atoms with van der Waals surface area (Å²) in [6.07, 6.45) is 2.03. The molecule has 0 unspecified atom stereocenters. The van der Waals surface area contributed by atoms with Crippen LogP contribution in [0.2, 0.25) is 0 Å². The third-order valence-corrected chi connectivity index (χ3v) is 1.05. The highest BCUT2D eigenvalue weighted by atomic mass is 35.7. The van der Waals surface area contributed by atoms with Gasteiger partial charge in [0.1, 0.15) is 0 Å². The second-order valence-electron chi connectivity index (χ2n) is 3.40. The molecule has 0 saturated carbocycles. The fourth-order valence-corrected chi connectivity index (χ4v) is 0.995. The largest absolute Gasteiger partial charge is 0.269 e. The molecular formula is C6H21ClN4O4S2. The Hall–Kier alpha value is 0.0300. The van der Waals surface area contributed by atoms with Gasteiger partial charge in [-0.25, -0.2) is 21.8 Å². The molecule has 0 saturated heterocycles. The van der Waals surface area contributed by atoms with E-state index in [1.54, 1.807) is 28.2 Å². The summed E-state index contributed by atoms with van der Waals surface area (Å²) in [6, 6.07) is 0. The highest BCUT2D eigenvalue weighted by Crippen LogP contribution is 1.83. The van der Waals surface area contributed by atoms with E-state index >= 15 is 0 Å². The number of rotatable bonds is 2. The third-order valence-electron chi connectivity index (χ3n) is 0.348. The van der Waals surface area contributed by atoms with Crippen LogP contribution in [0.1, 0.15) is 0 Å². The van der Waals surface area contributed by atoms with Gasteiger partial charge in [0.15, 0.2) is 0 Å². The van der Waals surface area contributed by atoms with Crippen molar-refractivity contribution < 1.29 is 16.8 Å². The van der Waals surface area contributed by atoms with Gasteiger partial charge in [0.25, 0.3) is 0 Å². The fourth-order valence-electron chi connectivity index (χ4n) is 0.332. The number of nitrogens with one attached hydrogen (secondary N) is 1. The Kier molecular flexibility index (Phi) is 13.1. The average Bonchev–Trinajstić information content (AvgIpc) is 1.71. The monoisotopic (exact) mass is 312 g/mol. The lowest BCUT2D eigenvalue weighted by atomic mass is 11.2. The van der Waals surface area contributed by atoms with E-state index in [4.69, 9.17) is 5.84 Å². The van der Waals surface area contributed by atoms with Crippen LogP contribution >= 0.6 is 10.7 Å². The summed E-state index contributed by atoms with van der Waals surface area (Å²) in [5, 5.41) is 2.87. The van der Waals surface area contributed by atoms with Gasteiger partial charge < -0.3 is 0 Å². The number of sulfonamides is 1. The number of hydrazine groups is 2. The van der Waals surface area contributed by atoms with Gasteiger partial charge in [0.2, 0.25) is 19.1 Å². The van der Waals surface area contributed by atoms with E-state index < -0.39 is 19.1 Å². The van der Waals surface area contributed by atoms with E-state index in [0.717, 1.165) is 12.5 Å². The normalized spacial score (nSPS) is 11.4. The van der Waals surface area contributed by atoms with Crippen molar-refractivity contribution in [3.63, 3.8) is 0 Å². The van der Waals surface area contributed by atoms with Gasteiger partial charge in [-0.15, -0.1) is 4.83 Å². The lowest BCUT2D eigenvalue weighted by Crippen LogP contribution is -2.35. The molecule has 0 aromatic heterocycles. The topological polar surface area (TPSA) is 113 Å². The summed E-state index contributed by atoms with van der Waals surface area (Å²) in [7, 11) is 5.04. The molecule has 3 N–H and O–H groups in total. The first kappa shape index (κ1) is 22.2. The van der Waals surface area contributed by atoms with Crippen molar-refractivity contribution in [3.05, 3.63) is 0 Å². The van der Waals surface area contributed by atoms with Crippen molar-refractivity contribution in [2.75, 3.05) is 40.7 Å². The minimum Gasteiger partial charge on any atom is -0.269 e. The minimum absolute atomic E-state index is 0.925. The standard InChI is InChI=1S/C3H10N2O2S.C2H8N2.CH3ClO2S/c1-5(2)4-8(3,6)7;1-4(2)3;1-5(2,3)4/h4H,1-3H3;3H2,1-2H3;1H3. The molecule has 108 valence electrons. The van der Waals surface area contributed by atoms with Crippen molar-refractivity contribution in [1.82, 2.24) is 14.8 Å². The number of hydrogen-bond donors (Lipinski definition) is 2.